The second-order valence-corrected chi connectivity index (χ2v) is 4.55. The summed E-state index contributed by atoms with van der Waals surface area (Å²) in [6.07, 6.45) is -0.145. The van der Waals surface area contributed by atoms with Gasteiger partial charge in [-0.05, 0) is 13.0 Å². The number of rotatable bonds is 5. The van der Waals surface area contributed by atoms with Crippen molar-refractivity contribution in [2.24, 2.45) is 0 Å². The summed E-state index contributed by atoms with van der Waals surface area (Å²) in [5.74, 6) is -1.62. The largest absolute Gasteiger partial charge is 0.437 e. The molecule has 0 saturated carbocycles. The summed E-state index contributed by atoms with van der Waals surface area (Å²) in [6.45, 7) is 1.79. The topological polar surface area (TPSA) is 75.2 Å². The van der Waals surface area contributed by atoms with Crippen molar-refractivity contribution < 1.29 is 19.0 Å². The van der Waals surface area contributed by atoms with Gasteiger partial charge in [0.25, 0.3) is 6.47 Å². The lowest BCUT2D eigenvalue weighted by molar-refractivity contribution is -0.154. The Morgan fingerprint density at radius 2 is 2.30 bits per heavy atom. The molecule has 2 aromatic rings. The highest BCUT2D eigenvalue weighted by Gasteiger charge is 2.30. The summed E-state index contributed by atoms with van der Waals surface area (Å²) < 4.78 is 18.7. The van der Waals surface area contributed by atoms with Crippen molar-refractivity contribution in [2.75, 3.05) is 0 Å². The molecule has 1 aromatic heterocycles. The number of H-pyrrole nitrogens is 1. The van der Waals surface area contributed by atoms with E-state index in [-0.39, 0.29) is 17.1 Å². The number of nitrogens with one attached hydrogen (secondary N) is 1. The first-order valence-corrected chi connectivity index (χ1v) is 6.15. The number of hydrogen-bond donors (Lipinski definition) is 2. The standard InChI is InChI=1S/C13H12ClFN2O3/c1-7-12(17-5-16-7)10(13(19)20-6-18)8-3-2-4-9(14)11(8)15/h2-6,10,13,19H,1H3,(H,16,17). The van der Waals surface area contributed by atoms with Crippen molar-refractivity contribution >= 4 is 18.1 Å². The molecule has 0 amide bonds. The number of imidazole rings is 1. The minimum atomic E-state index is -1.56. The lowest BCUT2D eigenvalue weighted by atomic mass is 9.93. The third-order valence-electron chi connectivity index (χ3n) is 2.98. The second kappa shape index (κ2) is 6.02. The number of halogens is 2. The van der Waals surface area contributed by atoms with Crippen molar-refractivity contribution in [3.63, 3.8) is 0 Å². The van der Waals surface area contributed by atoms with Crippen LogP contribution in [-0.2, 0) is 9.53 Å². The Bertz CT molecular complexity index is 617. The first kappa shape index (κ1) is 14.5. The van der Waals surface area contributed by atoms with Crippen LogP contribution in [0.2, 0.25) is 5.02 Å². The van der Waals surface area contributed by atoms with Gasteiger partial charge in [0, 0.05) is 5.56 Å². The van der Waals surface area contributed by atoms with Crippen molar-refractivity contribution in [3.8, 4) is 0 Å². The molecule has 0 aliphatic rings. The molecule has 1 aromatic carbocycles. The Morgan fingerprint density at radius 1 is 1.55 bits per heavy atom. The zero-order chi connectivity index (χ0) is 14.7. The fourth-order valence-corrected chi connectivity index (χ4v) is 2.22. The smallest absolute Gasteiger partial charge is 0.295 e. The molecule has 20 heavy (non-hydrogen) atoms. The Balaban J connectivity index is 2.54. The van der Waals surface area contributed by atoms with E-state index < -0.39 is 18.0 Å². The number of aryl methyl sites for hydroxylation is 1. The van der Waals surface area contributed by atoms with Gasteiger partial charge >= 0.3 is 0 Å². The maximum absolute atomic E-state index is 14.2. The average Bonchev–Trinajstić information content (AvgIpc) is 2.82. The maximum Gasteiger partial charge on any atom is 0.295 e. The minimum absolute atomic E-state index is 0.0806. The predicted molar refractivity (Wildman–Crippen MR) is 69.7 cm³/mol. The van der Waals surface area contributed by atoms with Gasteiger partial charge in [-0.25, -0.2) is 9.37 Å². The number of aromatic nitrogens is 2. The summed E-state index contributed by atoms with van der Waals surface area (Å²) in [7, 11) is 0. The van der Waals surface area contributed by atoms with E-state index in [0.29, 0.717) is 11.4 Å². The normalized spacial score (nSPS) is 13.8. The summed E-state index contributed by atoms with van der Waals surface area (Å²) in [5.41, 5.74) is 1.11. The predicted octanol–water partition coefficient (Wildman–Crippen LogP) is 2.13. The molecule has 1 heterocycles. The van der Waals surface area contributed by atoms with Crippen LogP contribution in [0.5, 0.6) is 0 Å². The number of benzene rings is 1. The fraction of sp³-hybridized carbons (Fsp3) is 0.231. The van der Waals surface area contributed by atoms with Gasteiger partial charge in [0.05, 0.1) is 28.7 Å². The van der Waals surface area contributed by atoms with E-state index in [4.69, 9.17) is 11.6 Å². The molecule has 106 valence electrons. The fourth-order valence-electron chi connectivity index (χ4n) is 2.04. The summed E-state index contributed by atoms with van der Waals surface area (Å²) in [4.78, 5) is 17.2. The lowest BCUT2D eigenvalue weighted by Gasteiger charge is -2.22. The molecular formula is C13H12ClFN2O3. The number of aliphatic hydroxyl groups excluding tert-OH is 1. The Hall–Kier alpha value is -1.92. The number of carbonyl (C=O) groups is 1. The number of carbonyl (C=O) groups excluding carboxylic acids is 1. The average molecular weight is 299 g/mol. The maximum atomic E-state index is 14.2. The molecule has 2 N–H and O–H groups in total. The number of ether oxygens (including phenoxy) is 1. The molecule has 0 fully saturated rings. The van der Waals surface area contributed by atoms with E-state index >= 15 is 0 Å². The van der Waals surface area contributed by atoms with Crippen LogP contribution in [0.3, 0.4) is 0 Å². The third kappa shape index (κ3) is 2.66. The third-order valence-corrected chi connectivity index (χ3v) is 3.27. The molecule has 7 heteroatoms. The SMILES string of the molecule is Cc1nc[nH]c1C(c1cccc(Cl)c1F)C(O)OC=O. The van der Waals surface area contributed by atoms with Crippen molar-refractivity contribution in [3.05, 3.63) is 52.3 Å². The molecule has 0 spiro atoms. The zero-order valence-electron chi connectivity index (χ0n) is 10.5. The molecular weight excluding hydrogens is 287 g/mol. The van der Waals surface area contributed by atoms with Crippen LogP contribution in [0.25, 0.3) is 0 Å². The highest BCUT2D eigenvalue weighted by Crippen LogP contribution is 2.33. The first-order valence-electron chi connectivity index (χ1n) is 5.77. The Labute approximate surface area is 119 Å². The molecule has 0 radical (unpaired) electrons. The molecule has 0 bridgehead atoms. The van der Waals surface area contributed by atoms with Gasteiger partial charge in [-0.15, -0.1) is 0 Å². The Morgan fingerprint density at radius 3 is 2.90 bits per heavy atom. The molecule has 0 aliphatic carbocycles. The quantitative estimate of drug-likeness (QED) is 0.655. The summed E-state index contributed by atoms with van der Waals surface area (Å²) in [5, 5.41) is 9.88. The van der Waals surface area contributed by atoms with E-state index in [1.54, 1.807) is 13.0 Å². The van der Waals surface area contributed by atoms with Crippen molar-refractivity contribution in [1.82, 2.24) is 9.97 Å². The van der Waals surface area contributed by atoms with Crippen LogP contribution in [0.1, 0.15) is 22.9 Å². The molecule has 2 atom stereocenters. The lowest BCUT2D eigenvalue weighted by Crippen LogP contribution is -2.24. The van der Waals surface area contributed by atoms with E-state index in [1.807, 2.05) is 0 Å². The van der Waals surface area contributed by atoms with Crippen LogP contribution in [-0.4, -0.2) is 27.8 Å². The van der Waals surface area contributed by atoms with Crippen molar-refractivity contribution in [1.29, 1.82) is 0 Å². The number of hydrogen-bond acceptors (Lipinski definition) is 4. The highest BCUT2D eigenvalue weighted by atomic mass is 35.5. The van der Waals surface area contributed by atoms with Gasteiger partial charge in [-0.3, -0.25) is 4.79 Å². The van der Waals surface area contributed by atoms with Crippen LogP contribution in [0.4, 0.5) is 4.39 Å². The van der Waals surface area contributed by atoms with Crippen LogP contribution in [0, 0.1) is 12.7 Å². The van der Waals surface area contributed by atoms with E-state index in [2.05, 4.69) is 14.7 Å². The molecule has 2 unspecified atom stereocenters. The minimum Gasteiger partial charge on any atom is -0.437 e. The van der Waals surface area contributed by atoms with Gasteiger partial charge in [0.2, 0.25) is 6.29 Å². The number of nitrogens with zero attached hydrogens (tertiary/aromatic N) is 1. The van der Waals surface area contributed by atoms with E-state index in [0.717, 1.165) is 0 Å². The molecule has 5 nitrogen and oxygen atoms in total. The van der Waals surface area contributed by atoms with Gasteiger partial charge in [-0.2, -0.15) is 0 Å². The molecule has 0 aliphatic heterocycles. The first-order chi connectivity index (χ1) is 9.56. The van der Waals surface area contributed by atoms with E-state index in [9.17, 15) is 14.3 Å². The Kier molecular flexibility index (Phi) is 4.36. The molecule has 0 saturated heterocycles. The van der Waals surface area contributed by atoms with E-state index in [1.165, 1.54) is 18.5 Å². The summed E-state index contributed by atoms with van der Waals surface area (Å²) in [6, 6.07) is 4.40. The summed E-state index contributed by atoms with van der Waals surface area (Å²) >= 11 is 5.75. The van der Waals surface area contributed by atoms with Gasteiger partial charge < -0.3 is 14.8 Å². The second-order valence-electron chi connectivity index (χ2n) is 4.15. The monoisotopic (exact) mass is 298 g/mol. The highest BCUT2D eigenvalue weighted by molar-refractivity contribution is 6.30. The van der Waals surface area contributed by atoms with Gasteiger partial charge in [0.1, 0.15) is 5.82 Å². The van der Waals surface area contributed by atoms with Gasteiger partial charge in [-0.1, -0.05) is 23.7 Å². The zero-order valence-corrected chi connectivity index (χ0v) is 11.3. The van der Waals surface area contributed by atoms with Crippen LogP contribution in [0.15, 0.2) is 24.5 Å². The van der Waals surface area contributed by atoms with Crippen LogP contribution >= 0.6 is 11.6 Å². The van der Waals surface area contributed by atoms with Crippen molar-refractivity contribution in [2.45, 2.75) is 19.1 Å². The van der Waals surface area contributed by atoms with Gasteiger partial charge in [0.15, 0.2) is 0 Å². The number of aliphatic hydroxyl groups is 1. The number of aromatic amines is 1. The molecule has 2 rings (SSSR count). The van der Waals surface area contributed by atoms with Crippen LogP contribution < -0.4 is 0 Å².